The summed E-state index contributed by atoms with van der Waals surface area (Å²) in [6, 6.07) is 0.0299. The van der Waals surface area contributed by atoms with Crippen LogP contribution in [0.4, 0.5) is 13.2 Å². The fraction of sp³-hybridized carbons (Fsp3) is 0.500. The first kappa shape index (κ1) is 12.9. The molecule has 1 unspecified atom stereocenters. The van der Waals surface area contributed by atoms with E-state index in [4.69, 9.17) is 6.42 Å². The van der Waals surface area contributed by atoms with Crippen LogP contribution in [-0.2, 0) is 0 Å². The van der Waals surface area contributed by atoms with Gasteiger partial charge in [0.05, 0.1) is 0 Å². The summed E-state index contributed by atoms with van der Waals surface area (Å²) in [7, 11) is 0. The van der Waals surface area contributed by atoms with Gasteiger partial charge in [-0.3, -0.25) is 0 Å². The van der Waals surface area contributed by atoms with Crippen molar-refractivity contribution in [1.82, 2.24) is 5.32 Å². The Balaban J connectivity index is 2.78. The molecule has 1 aliphatic heterocycles. The zero-order chi connectivity index (χ0) is 12.2. The van der Waals surface area contributed by atoms with Crippen LogP contribution in [0.5, 0.6) is 0 Å². The van der Waals surface area contributed by atoms with E-state index in [2.05, 4.69) is 11.2 Å². The van der Waals surface area contributed by atoms with Crippen molar-refractivity contribution < 1.29 is 13.2 Å². The molecule has 1 nitrogen and oxygen atoms in total. The zero-order valence-corrected chi connectivity index (χ0v) is 9.06. The molecule has 0 saturated carbocycles. The number of nitrogens with one attached hydrogen (secondary N) is 1. The summed E-state index contributed by atoms with van der Waals surface area (Å²) >= 11 is 0. The van der Waals surface area contributed by atoms with Crippen molar-refractivity contribution >= 4 is 0 Å². The molecule has 1 aliphatic rings. The monoisotopic (exact) mass is 229 g/mol. The fourth-order valence-corrected chi connectivity index (χ4v) is 1.52. The molecule has 0 radical (unpaired) electrons. The number of halogens is 3. The van der Waals surface area contributed by atoms with Crippen molar-refractivity contribution in [1.29, 1.82) is 0 Å². The molecule has 1 N–H and O–H groups in total. The number of hydrogen-bond acceptors (Lipinski definition) is 1. The van der Waals surface area contributed by atoms with Gasteiger partial charge in [-0.1, -0.05) is 12.0 Å². The quantitative estimate of drug-likeness (QED) is 0.567. The molecule has 0 aromatic heterocycles. The first-order chi connectivity index (χ1) is 7.45. The molecule has 0 aliphatic carbocycles. The summed E-state index contributed by atoms with van der Waals surface area (Å²) in [5.74, 6) is 2.44. The summed E-state index contributed by atoms with van der Waals surface area (Å²) < 4.78 is 36.6. The van der Waals surface area contributed by atoms with Crippen LogP contribution in [-0.4, -0.2) is 18.8 Å². The lowest BCUT2D eigenvalue weighted by molar-refractivity contribution is -0.0912. The summed E-state index contributed by atoms with van der Waals surface area (Å²) in [6.07, 6.45) is 5.31. The maximum atomic E-state index is 12.2. The zero-order valence-electron chi connectivity index (χ0n) is 9.06. The predicted molar refractivity (Wildman–Crippen MR) is 57.8 cm³/mol. The van der Waals surface area contributed by atoms with Crippen LogP contribution in [0.1, 0.15) is 19.8 Å². The lowest BCUT2D eigenvalue weighted by Crippen LogP contribution is -2.22. The molecule has 0 spiro atoms. The second-order valence-corrected chi connectivity index (χ2v) is 3.76. The largest absolute Gasteiger partial charge is 0.412 e. The summed E-state index contributed by atoms with van der Waals surface area (Å²) in [6.45, 7) is 1.90. The van der Waals surface area contributed by atoms with Gasteiger partial charge in [0.25, 0.3) is 0 Å². The minimum absolute atomic E-state index is 0.0299. The second-order valence-electron chi connectivity index (χ2n) is 3.76. The molecule has 1 fully saturated rings. The van der Waals surface area contributed by atoms with E-state index in [1.807, 2.05) is 0 Å². The lowest BCUT2D eigenvalue weighted by atomic mass is 10.1. The number of rotatable bonds is 2. The summed E-state index contributed by atoms with van der Waals surface area (Å²) in [4.78, 5) is 0. The molecular weight excluding hydrogens is 215 g/mol. The van der Waals surface area contributed by atoms with E-state index in [0.29, 0.717) is 5.57 Å². The number of terminal acetylenes is 1. The van der Waals surface area contributed by atoms with Crippen LogP contribution in [0.15, 0.2) is 23.3 Å². The SMILES string of the molecule is C#C/C(=C\C=C(/C)C(F)(F)F)C1CCCN1. The normalized spacial score (nSPS) is 23.3. The van der Waals surface area contributed by atoms with Crippen LogP contribution in [0.3, 0.4) is 0 Å². The van der Waals surface area contributed by atoms with Gasteiger partial charge in [0, 0.05) is 17.2 Å². The summed E-state index contributed by atoms with van der Waals surface area (Å²) in [5, 5.41) is 3.15. The van der Waals surface area contributed by atoms with Gasteiger partial charge in [-0.25, -0.2) is 0 Å². The van der Waals surface area contributed by atoms with Crippen LogP contribution in [0.2, 0.25) is 0 Å². The molecule has 1 heterocycles. The van der Waals surface area contributed by atoms with E-state index in [0.717, 1.165) is 32.4 Å². The molecule has 88 valence electrons. The van der Waals surface area contributed by atoms with Gasteiger partial charge in [0.15, 0.2) is 0 Å². The smallest absolute Gasteiger partial charge is 0.309 e. The summed E-state index contributed by atoms with van der Waals surface area (Å²) in [5.41, 5.74) is -0.0562. The first-order valence-corrected chi connectivity index (χ1v) is 5.11. The highest BCUT2D eigenvalue weighted by Crippen LogP contribution is 2.25. The van der Waals surface area contributed by atoms with Gasteiger partial charge < -0.3 is 5.32 Å². The average molecular weight is 229 g/mol. The van der Waals surface area contributed by atoms with Crippen LogP contribution >= 0.6 is 0 Å². The van der Waals surface area contributed by atoms with Crippen molar-refractivity contribution in [2.45, 2.75) is 32.0 Å². The molecule has 4 heteroatoms. The first-order valence-electron chi connectivity index (χ1n) is 5.11. The number of alkyl halides is 3. The van der Waals surface area contributed by atoms with Gasteiger partial charge in [-0.05, 0) is 32.4 Å². The predicted octanol–water partition coefficient (Wildman–Crippen LogP) is 2.81. The molecular formula is C12H14F3N. The van der Waals surface area contributed by atoms with Gasteiger partial charge in [0.2, 0.25) is 0 Å². The van der Waals surface area contributed by atoms with Crippen LogP contribution in [0, 0.1) is 12.3 Å². The minimum Gasteiger partial charge on any atom is -0.309 e. The Labute approximate surface area is 93.4 Å². The van der Waals surface area contributed by atoms with Gasteiger partial charge in [-0.15, -0.1) is 6.42 Å². The third-order valence-corrected chi connectivity index (χ3v) is 2.56. The van der Waals surface area contributed by atoms with Crippen molar-refractivity contribution in [3.8, 4) is 12.3 Å². The van der Waals surface area contributed by atoms with Gasteiger partial charge in [-0.2, -0.15) is 13.2 Å². The Morgan fingerprint density at radius 3 is 2.56 bits per heavy atom. The third kappa shape index (κ3) is 3.42. The lowest BCUT2D eigenvalue weighted by Gasteiger charge is -2.09. The topological polar surface area (TPSA) is 12.0 Å². The Morgan fingerprint density at radius 2 is 2.12 bits per heavy atom. The second kappa shape index (κ2) is 5.22. The molecule has 0 aromatic rings. The third-order valence-electron chi connectivity index (χ3n) is 2.56. The van der Waals surface area contributed by atoms with Crippen molar-refractivity contribution in [2.75, 3.05) is 6.54 Å². The molecule has 0 aromatic carbocycles. The van der Waals surface area contributed by atoms with E-state index in [9.17, 15) is 13.2 Å². The molecule has 1 saturated heterocycles. The maximum absolute atomic E-state index is 12.2. The van der Waals surface area contributed by atoms with E-state index in [-0.39, 0.29) is 6.04 Å². The highest BCUT2D eigenvalue weighted by atomic mass is 19.4. The van der Waals surface area contributed by atoms with Gasteiger partial charge in [0.1, 0.15) is 0 Å². The van der Waals surface area contributed by atoms with Gasteiger partial charge >= 0.3 is 6.18 Å². The standard InChI is InChI=1S/C12H14F3N/c1-3-10(11-5-4-8-16-11)7-6-9(2)12(13,14)15/h1,6-7,11,16H,4-5,8H2,2H3/b9-6+,10-7+. The molecule has 16 heavy (non-hydrogen) atoms. The Bertz CT molecular complexity index is 338. The number of hydrogen-bond donors (Lipinski definition) is 1. The Kier molecular flexibility index (Phi) is 4.19. The fourth-order valence-electron chi connectivity index (χ4n) is 1.52. The minimum atomic E-state index is -4.28. The Hall–Kier alpha value is -1.21. The molecule has 1 atom stereocenters. The van der Waals surface area contributed by atoms with Crippen LogP contribution in [0.25, 0.3) is 0 Å². The van der Waals surface area contributed by atoms with Crippen molar-refractivity contribution in [2.24, 2.45) is 0 Å². The van der Waals surface area contributed by atoms with E-state index < -0.39 is 11.7 Å². The van der Waals surface area contributed by atoms with Crippen molar-refractivity contribution in [3.63, 3.8) is 0 Å². The van der Waals surface area contributed by atoms with E-state index in [1.54, 1.807) is 0 Å². The average Bonchev–Trinajstić information content (AvgIpc) is 2.70. The maximum Gasteiger partial charge on any atom is 0.412 e. The molecule has 0 amide bonds. The highest BCUT2D eigenvalue weighted by Gasteiger charge is 2.29. The Morgan fingerprint density at radius 1 is 1.44 bits per heavy atom. The van der Waals surface area contributed by atoms with E-state index in [1.165, 1.54) is 6.08 Å². The molecule has 0 bridgehead atoms. The van der Waals surface area contributed by atoms with Crippen LogP contribution < -0.4 is 5.32 Å². The highest BCUT2D eigenvalue weighted by molar-refractivity contribution is 5.35. The molecule has 1 rings (SSSR count). The number of allylic oxidation sites excluding steroid dienone is 3. The van der Waals surface area contributed by atoms with Crippen molar-refractivity contribution in [3.05, 3.63) is 23.3 Å². The van der Waals surface area contributed by atoms with E-state index >= 15 is 0 Å².